The van der Waals surface area contributed by atoms with Gasteiger partial charge in [0.05, 0.1) is 5.69 Å². The standard InChI is InChI=1S/C19H20N2O3/c1-12-4-6-15(10-17(12)19-20-13(2)11-23-19)21-18(22)9-8-16-7-5-14(3)24-16/h4-7,10-11H,8-9H2,1-3H3,(H,21,22). The Morgan fingerprint density at radius 2 is 2.00 bits per heavy atom. The van der Waals surface area contributed by atoms with E-state index in [9.17, 15) is 4.79 Å². The lowest BCUT2D eigenvalue weighted by Crippen LogP contribution is -2.12. The maximum Gasteiger partial charge on any atom is 0.226 e. The lowest BCUT2D eigenvalue weighted by Gasteiger charge is -2.08. The minimum Gasteiger partial charge on any atom is -0.466 e. The third-order valence-corrected chi connectivity index (χ3v) is 3.77. The summed E-state index contributed by atoms with van der Waals surface area (Å²) in [5, 5.41) is 2.91. The Balaban J connectivity index is 1.67. The van der Waals surface area contributed by atoms with E-state index in [1.54, 1.807) is 6.26 Å². The minimum absolute atomic E-state index is 0.0533. The summed E-state index contributed by atoms with van der Waals surface area (Å²) in [6.07, 6.45) is 2.57. The maximum absolute atomic E-state index is 12.1. The number of hydrogen-bond donors (Lipinski definition) is 1. The molecule has 0 radical (unpaired) electrons. The molecule has 1 aromatic carbocycles. The second-order valence-electron chi connectivity index (χ2n) is 5.88. The molecule has 2 heterocycles. The van der Waals surface area contributed by atoms with Gasteiger partial charge in [-0.05, 0) is 50.6 Å². The number of nitrogens with zero attached hydrogens (tertiary/aromatic N) is 1. The number of nitrogens with one attached hydrogen (secondary N) is 1. The number of oxazole rings is 1. The molecule has 0 fully saturated rings. The number of carbonyl (C=O) groups excluding carboxylic acids is 1. The predicted molar refractivity (Wildman–Crippen MR) is 91.8 cm³/mol. The van der Waals surface area contributed by atoms with E-state index in [2.05, 4.69) is 10.3 Å². The van der Waals surface area contributed by atoms with Crippen molar-refractivity contribution in [1.29, 1.82) is 0 Å². The van der Waals surface area contributed by atoms with E-state index >= 15 is 0 Å². The summed E-state index contributed by atoms with van der Waals surface area (Å²) in [5.74, 6) is 2.19. The van der Waals surface area contributed by atoms with Gasteiger partial charge in [-0.1, -0.05) is 6.07 Å². The van der Waals surface area contributed by atoms with Crippen molar-refractivity contribution in [3.63, 3.8) is 0 Å². The first-order valence-corrected chi connectivity index (χ1v) is 7.89. The van der Waals surface area contributed by atoms with E-state index in [0.717, 1.165) is 34.0 Å². The van der Waals surface area contributed by atoms with Crippen LogP contribution in [0.5, 0.6) is 0 Å². The molecule has 0 bridgehead atoms. The van der Waals surface area contributed by atoms with E-state index in [4.69, 9.17) is 8.83 Å². The zero-order chi connectivity index (χ0) is 17.1. The summed E-state index contributed by atoms with van der Waals surface area (Å²) in [7, 11) is 0. The molecule has 0 aliphatic rings. The molecule has 0 saturated heterocycles. The number of hydrogen-bond acceptors (Lipinski definition) is 4. The van der Waals surface area contributed by atoms with Crippen molar-refractivity contribution in [1.82, 2.24) is 4.98 Å². The smallest absolute Gasteiger partial charge is 0.226 e. The lowest BCUT2D eigenvalue weighted by atomic mass is 10.1. The van der Waals surface area contributed by atoms with E-state index in [0.29, 0.717) is 18.7 Å². The van der Waals surface area contributed by atoms with Crippen molar-refractivity contribution in [3.05, 3.63) is 59.4 Å². The van der Waals surface area contributed by atoms with Gasteiger partial charge < -0.3 is 14.2 Å². The Labute approximate surface area is 140 Å². The van der Waals surface area contributed by atoms with Gasteiger partial charge in [0, 0.05) is 24.1 Å². The second kappa shape index (κ2) is 6.74. The van der Waals surface area contributed by atoms with Crippen LogP contribution in [-0.2, 0) is 11.2 Å². The van der Waals surface area contributed by atoms with Gasteiger partial charge in [0.1, 0.15) is 17.8 Å². The van der Waals surface area contributed by atoms with Gasteiger partial charge in [-0.25, -0.2) is 4.98 Å². The van der Waals surface area contributed by atoms with E-state index in [-0.39, 0.29) is 5.91 Å². The minimum atomic E-state index is -0.0533. The van der Waals surface area contributed by atoms with Crippen molar-refractivity contribution >= 4 is 11.6 Å². The Morgan fingerprint density at radius 3 is 2.67 bits per heavy atom. The molecule has 24 heavy (non-hydrogen) atoms. The quantitative estimate of drug-likeness (QED) is 0.754. The summed E-state index contributed by atoms with van der Waals surface area (Å²) in [6, 6.07) is 9.51. The third kappa shape index (κ3) is 3.74. The summed E-state index contributed by atoms with van der Waals surface area (Å²) in [4.78, 5) is 16.5. The fourth-order valence-electron chi connectivity index (χ4n) is 2.49. The summed E-state index contributed by atoms with van der Waals surface area (Å²) in [6.45, 7) is 5.76. The van der Waals surface area contributed by atoms with Gasteiger partial charge in [-0.2, -0.15) is 0 Å². The van der Waals surface area contributed by atoms with Crippen LogP contribution in [0.15, 0.2) is 45.4 Å². The maximum atomic E-state index is 12.1. The molecule has 5 nitrogen and oxygen atoms in total. The lowest BCUT2D eigenvalue weighted by molar-refractivity contribution is -0.116. The Morgan fingerprint density at radius 1 is 1.17 bits per heavy atom. The molecule has 0 unspecified atom stereocenters. The van der Waals surface area contributed by atoms with Gasteiger partial charge in [-0.15, -0.1) is 0 Å². The number of aromatic nitrogens is 1. The molecule has 124 valence electrons. The highest BCUT2D eigenvalue weighted by Gasteiger charge is 2.11. The summed E-state index contributed by atoms with van der Waals surface area (Å²) in [5.41, 5.74) is 3.48. The van der Waals surface area contributed by atoms with Crippen LogP contribution in [0.2, 0.25) is 0 Å². The van der Waals surface area contributed by atoms with E-state index in [1.807, 2.05) is 51.1 Å². The monoisotopic (exact) mass is 324 g/mol. The molecule has 3 aromatic rings. The highest BCUT2D eigenvalue weighted by atomic mass is 16.3. The molecule has 0 aliphatic carbocycles. The van der Waals surface area contributed by atoms with Crippen LogP contribution in [0.25, 0.3) is 11.5 Å². The average molecular weight is 324 g/mol. The largest absolute Gasteiger partial charge is 0.466 e. The zero-order valence-electron chi connectivity index (χ0n) is 14.1. The average Bonchev–Trinajstić information content (AvgIpc) is 3.16. The van der Waals surface area contributed by atoms with Crippen LogP contribution in [0.1, 0.15) is 29.2 Å². The van der Waals surface area contributed by atoms with Crippen molar-refractivity contribution in [2.75, 3.05) is 5.32 Å². The molecule has 0 saturated carbocycles. The number of furan rings is 1. The van der Waals surface area contributed by atoms with Gasteiger partial charge in [0.25, 0.3) is 0 Å². The van der Waals surface area contributed by atoms with Crippen LogP contribution in [0, 0.1) is 20.8 Å². The molecular weight excluding hydrogens is 304 g/mol. The van der Waals surface area contributed by atoms with Crippen LogP contribution in [-0.4, -0.2) is 10.9 Å². The summed E-state index contributed by atoms with van der Waals surface area (Å²) < 4.78 is 10.9. The molecular formula is C19H20N2O3. The highest BCUT2D eigenvalue weighted by Crippen LogP contribution is 2.26. The Bertz CT molecular complexity index is 861. The van der Waals surface area contributed by atoms with Gasteiger partial charge in [0.2, 0.25) is 11.8 Å². The Hall–Kier alpha value is -2.82. The molecule has 0 atom stereocenters. The Kier molecular flexibility index (Phi) is 4.51. The topological polar surface area (TPSA) is 68.3 Å². The first-order chi connectivity index (χ1) is 11.5. The number of benzene rings is 1. The SMILES string of the molecule is Cc1coc(-c2cc(NC(=O)CCc3ccc(C)o3)ccc2C)n1. The van der Waals surface area contributed by atoms with Crippen molar-refractivity contribution in [3.8, 4) is 11.5 Å². The van der Waals surface area contributed by atoms with Crippen molar-refractivity contribution in [2.24, 2.45) is 0 Å². The van der Waals surface area contributed by atoms with Crippen LogP contribution < -0.4 is 5.32 Å². The molecule has 1 N–H and O–H groups in total. The fourth-order valence-corrected chi connectivity index (χ4v) is 2.49. The van der Waals surface area contributed by atoms with Crippen molar-refractivity contribution < 1.29 is 13.6 Å². The number of rotatable bonds is 5. The normalized spacial score (nSPS) is 10.8. The number of carbonyl (C=O) groups is 1. The van der Waals surface area contributed by atoms with Crippen LogP contribution in [0.3, 0.4) is 0 Å². The van der Waals surface area contributed by atoms with E-state index in [1.165, 1.54) is 0 Å². The van der Waals surface area contributed by atoms with Gasteiger partial charge in [-0.3, -0.25) is 4.79 Å². The number of amides is 1. The molecule has 3 rings (SSSR count). The number of anilines is 1. The van der Waals surface area contributed by atoms with E-state index < -0.39 is 0 Å². The van der Waals surface area contributed by atoms with Gasteiger partial charge >= 0.3 is 0 Å². The molecule has 5 heteroatoms. The first kappa shape index (κ1) is 16.1. The first-order valence-electron chi connectivity index (χ1n) is 7.89. The fraction of sp³-hybridized carbons (Fsp3) is 0.263. The molecule has 0 spiro atoms. The molecule has 0 aliphatic heterocycles. The summed E-state index contributed by atoms with van der Waals surface area (Å²) >= 11 is 0. The van der Waals surface area contributed by atoms with Gasteiger partial charge in [0.15, 0.2) is 0 Å². The molecule has 2 aromatic heterocycles. The van der Waals surface area contributed by atoms with Crippen LogP contribution in [0.4, 0.5) is 5.69 Å². The highest BCUT2D eigenvalue weighted by molar-refractivity contribution is 5.91. The molecule has 1 amide bonds. The predicted octanol–water partition coefficient (Wildman–Crippen LogP) is 4.43. The zero-order valence-corrected chi connectivity index (χ0v) is 14.1. The van der Waals surface area contributed by atoms with Crippen LogP contribution >= 0.6 is 0 Å². The second-order valence-corrected chi connectivity index (χ2v) is 5.88. The van der Waals surface area contributed by atoms with Crippen molar-refractivity contribution in [2.45, 2.75) is 33.6 Å². The number of aryl methyl sites for hydroxylation is 4. The third-order valence-electron chi connectivity index (χ3n) is 3.77.